The molecule has 5 rings (SSSR count). The number of methoxy groups -OCH3 is 1. The Labute approximate surface area is 372 Å². The third kappa shape index (κ3) is 10.8. The summed E-state index contributed by atoms with van der Waals surface area (Å²) >= 11 is 6.15. The zero-order valence-corrected chi connectivity index (χ0v) is 39.3. The molecule has 0 spiro atoms. The number of nitrogens with zero attached hydrogens (tertiary/aromatic N) is 2. The van der Waals surface area contributed by atoms with E-state index in [1.165, 1.54) is 14.0 Å². The topological polar surface area (TPSA) is 166 Å². The van der Waals surface area contributed by atoms with Gasteiger partial charge in [-0.05, 0) is 91.6 Å². The fraction of sp³-hybridized carbons (Fsp3) is 0.761. The zero-order valence-electron chi connectivity index (χ0n) is 38.6. The quantitative estimate of drug-likeness (QED) is 0.187. The number of fused-ring (bicyclic) bond motifs is 1. The summed E-state index contributed by atoms with van der Waals surface area (Å²) < 4.78 is 50.3. The van der Waals surface area contributed by atoms with Crippen molar-refractivity contribution in [3.63, 3.8) is 0 Å². The number of ketones is 1. The molecule has 0 N–H and O–H groups in total. The third-order valence-electron chi connectivity index (χ3n) is 13.7. The Morgan fingerprint density at radius 2 is 1.66 bits per heavy atom. The summed E-state index contributed by atoms with van der Waals surface area (Å²) in [6, 6.07) is 6.19. The predicted molar refractivity (Wildman–Crippen MR) is 228 cm³/mol. The first-order valence-corrected chi connectivity index (χ1v) is 22.5. The first-order chi connectivity index (χ1) is 29.1. The van der Waals surface area contributed by atoms with E-state index in [0.29, 0.717) is 30.9 Å². The van der Waals surface area contributed by atoms with Crippen molar-refractivity contribution in [3.8, 4) is 0 Å². The van der Waals surface area contributed by atoms with Crippen molar-refractivity contribution in [3.05, 3.63) is 34.9 Å². The van der Waals surface area contributed by atoms with Gasteiger partial charge in [-0.25, -0.2) is 4.79 Å². The van der Waals surface area contributed by atoms with E-state index >= 15 is 0 Å². The van der Waals surface area contributed by atoms with Gasteiger partial charge in [0.25, 0.3) is 0 Å². The Hall–Kier alpha value is -3.34. The summed E-state index contributed by atoms with van der Waals surface area (Å²) in [5.41, 5.74) is -1.83. The fourth-order valence-electron chi connectivity index (χ4n) is 10.2. The van der Waals surface area contributed by atoms with Crippen molar-refractivity contribution in [2.45, 2.75) is 155 Å². The lowest BCUT2D eigenvalue weighted by molar-refractivity contribution is -0.304. The molecule has 15 nitrogen and oxygen atoms in total. The molecule has 4 saturated heterocycles. The van der Waals surface area contributed by atoms with Crippen molar-refractivity contribution in [1.82, 2.24) is 9.80 Å². The van der Waals surface area contributed by atoms with Crippen molar-refractivity contribution < 1.29 is 61.9 Å². The summed E-state index contributed by atoms with van der Waals surface area (Å²) in [5.74, 6) is -5.86. The maximum absolute atomic E-state index is 15.0. The Bertz CT molecular complexity index is 1740. The summed E-state index contributed by atoms with van der Waals surface area (Å²) in [7, 11) is 5.29. The number of hydrogen-bond acceptors (Lipinski definition) is 14. The standard InChI is InChI=1S/C46H69ClN2O13/c1-13-35-46(9)39(49(44(54)62-46)20-18-31-14-16-33(47)17-15-31)27(4)36(51)25(2)23-45(8,55-12)40(61-43-38(58-30(7)50)34(48(10)11)22-26(3)57-43)28(5)37(29(6)41(52)59-35)60-42(53)32-19-21-56-24-32/h14-17,25-29,32,34-35,37-40,43H,13,18-24H2,1-12H3/t25-,26-,27+,28+,29-,32?,34+,35-,37+,38-,39-,40-,43+,45-,46-/m1/s1. The molecule has 1 amide bonds. The van der Waals surface area contributed by atoms with E-state index < -0.39 is 102 Å². The molecule has 1 unspecified atom stereocenters. The average Bonchev–Trinajstić information content (AvgIpc) is 3.86. The monoisotopic (exact) mass is 892 g/mol. The van der Waals surface area contributed by atoms with Crippen LogP contribution in [0.1, 0.15) is 93.6 Å². The molecule has 0 saturated carbocycles. The molecule has 0 aromatic heterocycles. The van der Waals surface area contributed by atoms with Crippen LogP contribution >= 0.6 is 11.6 Å². The van der Waals surface area contributed by atoms with E-state index in [1.807, 2.05) is 58.8 Å². The Morgan fingerprint density at radius 3 is 2.24 bits per heavy atom. The molecular weight excluding hydrogens is 824 g/mol. The number of halogens is 1. The van der Waals surface area contributed by atoms with Gasteiger partial charge in [0.15, 0.2) is 18.0 Å². The largest absolute Gasteiger partial charge is 0.461 e. The number of rotatable bonds is 11. The highest BCUT2D eigenvalue weighted by molar-refractivity contribution is 6.30. The lowest BCUT2D eigenvalue weighted by atomic mass is 9.73. The van der Waals surface area contributed by atoms with Gasteiger partial charge in [-0.3, -0.25) is 24.1 Å². The molecular formula is C46H69ClN2O13. The van der Waals surface area contributed by atoms with Crippen LogP contribution in [0, 0.1) is 29.6 Å². The first kappa shape index (κ1) is 49.7. The number of ether oxygens (including phenoxy) is 8. The number of benzene rings is 1. The predicted octanol–water partition coefficient (Wildman–Crippen LogP) is 6.04. The normalized spacial score (nSPS) is 38.5. The number of esters is 3. The minimum atomic E-state index is -1.45. The second-order valence-corrected chi connectivity index (χ2v) is 19.0. The van der Waals surface area contributed by atoms with Gasteiger partial charge < -0.3 is 42.8 Å². The minimum absolute atomic E-state index is 0.107. The van der Waals surface area contributed by atoms with Gasteiger partial charge in [-0.15, -0.1) is 0 Å². The zero-order chi connectivity index (χ0) is 45.8. The van der Waals surface area contributed by atoms with Crippen molar-refractivity contribution in [1.29, 1.82) is 0 Å². The maximum atomic E-state index is 15.0. The molecule has 4 fully saturated rings. The van der Waals surface area contributed by atoms with Gasteiger partial charge in [-0.2, -0.15) is 0 Å². The molecule has 4 aliphatic heterocycles. The van der Waals surface area contributed by atoms with Gasteiger partial charge in [0.2, 0.25) is 0 Å². The van der Waals surface area contributed by atoms with Crippen LogP contribution in [0.5, 0.6) is 0 Å². The van der Waals surface area contributed by atoms with Crippen LogP contribution in [0.4, 0.5) is 4.79 Å². The van der Waals surface area contributed by atoms with Crippen LogP contribution in [0.3, 0.4) is 0 Å². The molecule has 0 radical (unpaired) electrons. The summed E-state index contributed by atoms with van der Waals surface area (Å²) in [5, 5.41) is 0.584. The molecule has 1 aromatic carbocycles. The van der Waals surface area contributed by atoms with E-state index in [1.54, 1.807) is 44.7 Å². The molecule has 16 heteroatoms. The number of carbonyl (C=O) groups excluding carboxylic acids is 5. The van der Waals surface area contributed by atoms with E-state index in [4.69, 9.17) is 49.5 Å². The van der Waals surface area contributed by atoms with Crippen molar-refractivity contribution >= 4 is 41.4 Å². The molecule has 4 heterocycles. The van der Waals surface area contributed by atoms with E-state index in [2.05, 4.69) is 0 Å². The molecule has 0 bridgehead atoms. The lowest BCUT2D eigenvalue weighted by Gasteiger charge is -2.49. The van der Waals surface area contributed by atoms with Crippen molar-refractivity contribution in [2.75, 3.05) is 41.0 Å². The number of carbonyl (C=O) groups is 5. The SMILES string of the molecule is CC[C@H]1OC(=O)[C@H](C)[C@@H](OC(=O)C2CCOC2)[C@H](C)[C@@H](O[C@@H]2O[C@H](C)C[C@H](N(C)C)[C@H]2OC(C)=O)[C@](C)(OC)C[C@@H](C)C(=O)[C@H](C)[C@H]2N(CCc3ccc(Cl)cc3)C(=O)O[C@]12C. The Kier molecular flexibility index (Phi) is 16.6. The van der Waals surface area contributed by atoms with Gasteiger partial charge in [0, 0.05) is 50.0 Å². The number of Topliss-reactive ketones (excluding diaryl/α,β-unsaturated/α-hetero) is 1. The molecule has 1 aromatic rings. The van der Waals surface area contributed by atoms with E-state index in [9.17, 15) is 24.0 Å². The number of hydrogen-bond donors (Lipinski definition) is 0. The highest BCUT2D eigenvalue weighted by Gasteiger charge is 2.60. The average molecular weight is 894 g/mol. The molecule has 15 atom stereocenters. The Morgan fingerprint density at radius 1 is 0.984 bits per heavy atom. The van der Waals surface area contributed by atoms with Crippen LogP contribution in [0.2, 0.25) is 5.02 Å². The smallest absolute Gasteiger partial charge is 0.410 e. The number of likely N-dealkylation sites (N-methyl/N-ethyl adjacent to an activating group) is 1. The number of cyclic esters (lactones) is 1. The highest BCUT2D eigenvalue weighted by Crippen LogP contribution is 2.44. The molecule has 0 aliphatic carbocycles. The summed E-state index contributed by atoms with van der Waals surface area (Å²) in [6.45, 7) is 16.4. The lowest BCUT2D eigenvalue weighted by Crippen LogP contribution is -2.61. The Balaban J connectivity index is 1.63. The van der Waals surface area contributed by atoms with Crippen LogP contribution < -0.4 is 0 Å². The van der Waals surface area contributed by atoms with Gasteiger partial charge in [-0.1, -0.05) is 51.4 Å². The van der Waals surface area contributed by atoms with Gasteiger partial charge in [0.05, 0.1) is 48.3 Å². The first-order valence-electron chi connectivity index (χ1n) is 22.1. The second kappa shape index (κ2) is 20.7. The van der Waals surface area contributed by atoms with Crippen LogP contribution in [0.25, 0.3) is 0 Å². The van der Waals surface area contributed by atoms with Crippen LogP contribution in [-0.2, 0) is 63.5 Å². The number of amides is 1. The molecule has 348 valence electrons. The maximum Gasteiger partial charge on any atom is 0.410 e. The van der Waals surface area contributed by atoms with Gasteiger partial charge in [0.1, 0.15) is 18.0 Å². The fourth-order valence-corrected chi connectivity index (χ4v) is 10.3. The summed E-state index contributed by atoms with van der Waals surface area (Å²) in [6.07, 6.45) is -4.33. The minimum Gasteiger partial charge on any atom is -0.461 e. The van der Waals surface area contributed by atoms with E-state index in [-0.39, 0.29) is 43.9 Å². The van der Waals surface area contributed by atoms with Gasteiger partial charge >= 0.3 is 24.0 Å². The third-order valence-corrected chi connectivity index (χ3v) is 13.9. The molecule has 4 aliphatic rings. The summed E-state index contributed by atoms with van der Waals surface area (Å²) in [4.78, 5) is 73.7. The van der Waals surface area contributed by atoms with E-state index in [0.717, 1.165) is 5.56 Å². The van der Waals surface area contributed by atoms with Crippen molar-refractivity contribution in [2.24, 2.45) is 29.6 Å². The highest BCUT2D eigenvalue weighted by atomic mass is 35.5. The molecule has 62 heavy (non-hydrogen) atoms. The van der Waals surface area contributed by atoms with Crippen LogP contribution in [0.15, 0.2) is 24.3 Å². The second-order valence-electron chi connectivity index (χ2n) is 18.5. The van der Waals surface area contributed by atoms with Crippen LogP contribution in [-0.4, -0.2) is 141 Å².